The van der Waals surface area contributed by atoms with Crippen molar-refractivity contribution in [3.8, 4) is 0 Å². The Labute approximate surface area is 76.5 Å². The first kappa shape index (κ1) is 8.19. The summed E-state index contributed by atoms with van der Waals surface area (Å²) in [5.74, 6) is 0.324. The molecule has 0 saturated carbocycles. The quantitative estimate of drug-likeness (QED) is 0.691. The van der Waals surface area contributed by atoms with Crippen LogP contribution in [-0.4, -0.2) is 23.2 Å². The van der Waals surface area contributed by atoms with Crippen LogP contribution < -0.4 is 5.73 Å². The van der Waals surface area contributed by atoms with E-state index in [0.29, 0.717) is 12.6 Å². The molecule has 4 heteroatoms. The highest BCUT2D eigenvalue weighted by Gasteiger charge is 2.07. The lowest BCUT2D eigenvalue weighted by atomic mass is 10.1. The lowest BCUT2D eigenvalue weighted by molar-refractivity contribution is 0.161. The van der Waals surface area contributed by atoms with E-state index < -0.39 is 0 Å². The minimum atomic E-state index is 0.324. The Morgan fingerprint density at radius 1 is 1.46 bits per heavy atom. The third-order valence-electron chi connectivity index (χ3n) is 1.97. The zero-order chi connectivity index (χ0) is 9.10. The number of nitrogens with zero attached hydrogens (tertiary/aromatic N) is 2. The number of aromatic nitrogens is 2. The molecule has 0 fully saturated rings. The molecule has 0 saturated heterocycles. The largest absolute Gasteiger partial charge is 0.377 e. The average Bonchev–Trinajstić information content (AvgIpc) is 2.19. The second-order valence-corrected chi connectivity index (χ2v) is 2.85. The van der Waals surface area contributed by atoms with Crippen LogP contribution in [0.2, 0.25) is 0 Å². The van der Waals surface area contributed by atoms with Crippen LogP contribution in [0, 0.1) is 0 Å². The third kappa shape index (κ3) is 1.84. The molecular formula is C9H11N3O. The third-order valence-corrected chi connectivity index (χ3v) is 1.97. The molecule has 13 heavy (non-hydrogen) atoms. The van der Waals surface area contributed by atoms with Crippen molar-refractivity contribution in [1.82, 2.24) is 9.97 Å². The van der Waals surface area contributed by atoms with Gasteiger partial charge >= 0.3 is 0 Å². The summed E-state index contributed by atoms with van der Waals surface area (Å²) in [7, 11) is 0. The van der Waals surface area contributed by atoms with E-state index in [0.717, 1.165) is 18.7 Å². The van der Waals surface area contributed by atoms with Crippen LogP contribution in [0.4, 0.5) is 5.95 Å². The van der Waals surface area contributed by atoms with Gasteiger partial charge in [0.1, 0.15) is 0 Å². The van der Waals surface area contributed by atoms with Gasteiger partial charge in [-0.25, -0.2) is 9.97 Å². The number of nitrogen functional groups attached to an aromatic ring is 1. The number of nitrogens with two attached hydrogens (primary N) is 1. The Morgan fingerprint density at radius 2 is 2.38 bits per heavy atom. The Kier molecular flexibility index (Phi) is 2.23. The van der Waals surface area contributed by atoms with E-state index >= 15 is 0 Å². The standard InChI is InChI=1S/C9H11N3O/c10-9-11-4-1-8(12-9)7-2-5-13-6-3-7/h1-2,4H,3,5-6H2,(H2,10,11,12). The first-order valence-corrected chi connectivity index (χ1v) is 4.22. The van der Waals surface area contributed by atoms with Crippen LogP contribution in [-0.2, 0) is 4.74 Å². The van der Waals surface area contributed by atoms with E-state index in [1.54, 1.807) is 6.20 Å². The predicted octanol–water partition coefficient (Wildman–Crippen LogP) is 0.862. The Morgan fingerprint density at radius 3 is 3.08 bits per heavy atom. The second kappa shape index (κ2) is 3.53. The van der Waals surface area contributed by atoms with Crippen molar-refractivity contribution in [2.24, 2.45) is 0 Å². The first-order valence-electron chi connectivity index (χ1n) is 4.22. The lowest BCUT2D eigenvalue weighted by Crippen LogP contribution is -2.06. The van der Waals surface area contributed by atoms with Gasteiger partial charge in [0.05, 0.1) is 18.9 Å². The van der Waals surface area contributed by atoms with Gasteiger partial charge in [-0.1, -0.05) is 6.08 Å². The number of anilines is 1. The monoisotopic (exact) mass is 177 g/mol. The molecule has 2 rings (SSSR count). The van der Waals surface area contributed by atoms with Crippen LogP contribution in [0.1, 0.15) is 12.1 Å². The molecule has 2 heterocycles. The van der Waals surface area contributed by atoms with Gasteiger partial charge in [0.2, 0.25) is 5.95 Å². The van der Waals surface area contributed by atoms with Crippen LogP contribution in [0.15, 0.2) is 18.3 Å². The van der Waals surface area contributed by atoms with E-state index in [1.807, 2.05) is 12.1 Å². The fourth-order valence-electron chi connectivity index (χ4n) is 1.31. The van der Waals surface area contributed by atoms with Crippen LogP contribution in [0.5, 0.6) is 0 Å². The molecule has 1 aliphatic heterocycles. The van der Waals surface area contributed by atoms with Gasteiger partial charge in [0.15, 0.2) is 0 Å². The number of hydrogen-bond acceptors (Lipinski definition) is 4. The summed E-state index contributed by atoms with van der Waals surface area (Å²) in [6, 6.07) is 1.87. The van der Waals surface area contributed by atoms with Crippen molar-refractivity contribution >= 4 is 11.5 Å². The minimum absolute atomic E-state index is 0.324. The van der Waals surface area contributed by atoms with E-state index in [-0.39, 0.29) is 0 Å². The zero-order valence-electron chi connectivity index (χ0n) is 7.23. The molecule has 0 aromatic carbocycles. The summed E-state index contributed by atoms with van der Waals surface area (Å²) < 4.78 is 5.20. The van der Waals surface area contributed by atoms with Crippen LogP contribution >= 0.6 is 0 Å². The molecule has 1 aromatic heterocycles. The Hall–Kier alpha value is -1.42. The molecule has 68 valence electrons. The smallest absolute Gasteiger partial charge is 0.220 e. The van der Waals surface area contributed by atoms with Gasteiger partial charge in [-0.2, -0.15) is 0 Å². The molecule has 0 spiro atoms. The van der Waals surface area contributed by atoms with E-state index in [2.05, 4.69) is 9.97 Å². The Balaban J connectivity index is 2.29. The van der Waals surface area contributed by atoms with Gasteiger partial charge in [-0.3, -0.25) is 0 Å². The van der Waals surface area contributed by atoms with Crippen LogP contribution in [0.3, 0.4) is 0 Å². The maximum Gasteiger partial charge on any atom is 0.220 e. The maximum absolute atomic E-state index is 5.48. The van der Waals surface area contributed by atoms with Gasteiger partial charge < -0.3 is 10.5 Å². The van der Waals surface area contributed by atoms with Crippen molar-refractivity contribution < 1.29 is 4.74 Å². The van der Waals surface area contributed by atoms with Crippen molar-refractivity contribution in [3.05, 3.63) is 24.0 Å². The summed E-state index contributed by atoms with van der Waals surface area (Å²) in [6.07, 6.45) is 4.61. The zero-order valence-corrected chi connectivity index (χ0v) is 7.23. The molecule has 2 N–H and O–H groups in total. The van der Waals surface area contributed by atoms with Crippen molar-refractivity contribution in [3.63, 3.8) is 0 Å². The minimum Gasteiger partial charge on any atom is -0.377 e. The SMILES string of the molecule is Nc1nccc(C2=CCOCC2)n1. The van der Waals surface area contributed by atoms with E-state index in [9.17, 15) is 0 Å². The summed E-state index contributed by atoms with van der Waals surface area (Å²) in [6.45, 7) is 1.43. The van der Waals surface area contributed by atoms with E-state index in [4.69, 9.17) is 10.5 Å². The molecule has 1 aliphatic rings. The topological polar surface area (TPSA) is 61.0 Å². The fraction of sp³-hybridized carbons (Fsp3) is 0.333. The molecule has 0 bridgehead atoms. The van der Waals surface area contributed by atoms with Gasteiger partial charge in [-0.05, 0) is 18.1 Å². The molecule has 1 aromatic rings. The van der Waals surface area contributed by atoms with E-state index in [1.165, 1.54) is 5.57 Å². The van der Waals surface area contributed by atoms with Crippen molar-refractivity contribution in [1.29, 1.82) is 0 Å². The summed E-state index contributed by atoms with van der Waals surface area (Å²) in [4.78, 5) is 7.98. The first-order chi connectivity index (χ1) is 6.36. The summed E-state index contributed by atoms with van der Waals surface area (Å²) in [5, 5.41) is 0. The lowest BCUT2D eigenvalue weighted by Gasteiger charge is -2.12. The molecule has 0 aliphatic carbocycles. The number of hydrogen-bond donors (Lipinski definition) is 1. The van der Waals surface area contributed by atoms with Gasteiger partial charge in [0.25, 0.3) is 0 Å². The fourth-order valence-corrected chi connectivity index (χ4v) is 1.31. The normalized spacial score (nSPS) is 16.8. The number of rotatable bonds is 1. The molecule has 0 atom stereocenters. The molecular weight excluding hydrogens is 166 g/mol. The molecule has 0 amide bonds. The average molecular weight is 177 g/mol. The maximum atomic E-state index is 5.48. The highest BCUT2D eigenvalue weighted by atomic mass is 16.5. The molecule has 0 radical (unpaired) electrons. The Bertz CT molecular complexity index is 335. The van der Waals surface area contributed by atoms with Crippen molar-refractivity contribution in [2.75, 3.05) is 18.9 Å². The summed E-state index contributed by atoms with van der Waals surface area (Å²) >= 11 is 0. The van der Waals surface area contributed by atoms with Gasteiger partial charge in [0, 0.05) is 6.20 Å². The highest BCUT2D eigenvalue weighted by molar-refractivity contribution is 5.63. The highest BCUT2D eigenvalue weighted by Crippen LogP contribution is 2.18. The summed E-state index contributed by atoms with van der Waals surface area (Å²) in [5.41, 5.74) is 7.59. The predicted molar refractivity (Wildman–Crippen MR) is 49.9 cm³/mol. The van der Waals surface area contributed by atoms with Crippen molar-refractivity contribution in [2.45, 2.75) is 6.42 Å². The van der Waals surface area contributed by atoms with Crippen LogP contribution in [0.25, 0.3) is 5.57 Å². The van der Waals surface area contributed by atoms with Gasteiger partial charge in [-0.15, -0.1) is 0 Å². The molecule has 4 nitrogen and oxygen atoms in total. The second-order valence-electron chi connectivity index (χ2n) is 2.85. The molecule has 0 unspecified atom stereocenters. The number of ether oxygens (including phenoxy) is 1.